The first-order valence-corrected chi connectivity index (χ1v) is 8.48. The van der Waals surface area contributed by atoms with Gasteiger partial charge in [0.25, 0.3) is 0 Å². The molecular weight excluding hydrogens is 254 g/mol. The smallest absolute Gasteiger partial charge is 0.119 e. The van der Waals surface area contributed by atoms with Gasteiger partial charge in [-0.1, -0.05) is 19.9 Å². The maximum absolute atomic E-state index is 5.67. The van der Waals surface area contributed by atoms with Crippen LogP contribution in [0.25, 0.3) is 0 Å². The molecule has 1 aromatic rings. The third-order valence-electron chi connectivity index (χ3n) is 3.58. The van der Waals surface area contributed by atoms with Gasteiger partial charge in [-0.2, -0.15) is 11.8 Å². The van der Waals surface area contributed by atoms with E-state index in [0.717, 1.165) is 24.7 Å². The Morgan fingerprint density at radius 3 is 2.95 bits per heavy atom. The van der Waals surface area contributed by atoms with Gasteiger partial charge in [-0.05, 0) is 54.8 Å². The van der Waals surface area contributed by atoms with Crippen LogP contribution in [0.3, 0.4) is 0 Å². The van der Waals surface area contributed by atoms with Gasteiger partial charge in [-0.25, -0.2) is 0 Å². The Morgan fingerprint density at radius 1 is 1.37 bits per heavy atom. The number of hydrogen-bond donors (Lipinski definition) is 1. The summed E-state index contributed by atoms with van der Waals surface area (Å²) < 4.78 is 5.67. The van der Waals surface area contributed by atoms with Crippen LogP contribution in [0.15, 0.2) is 18.2 Å². The highest BCUT2D eigenvalue weighted by molar-refractivity contribution is 7.98. The minimum absolute atomic E-state index is 0.463. The van der Waals surface area contributed by atoms with Gasteiger partial charge in [-0.15, -0.1) is 0 Å². The maximum atomic E-state index is 5.67. The molecule has 0 aromatic heterocycles. The van der Waals surface area contributed by atoms with Gasteiger partial charge in [0.1, 0.15) is 5.75 Å². The van der Waals surface area contributed by atoms with E-state index in [2.05, 4.69) is 37.4 Å². The number of benzene rings is 1. The van der Waals surface area contributed by atoms with Crippen molar-refractivity contribution in [2.45, 2.75) is 39.0 Å². The zero-order valence-electron chi connectivity index (χ0n) is 12.2. The molecule has 0 saturated heterocycles. The van der Waals surface area contributed by atoms with E-state index < -0.39 is 0 Å². The molecule has 0 radical (unpaired) electrons. The van der Waals surface area contributed by atoms with Gasteiger partial charge in [0.05, 0.1) is 6.61 Å². The Balaban J connectivity index is 2.29. The monoisotopic (exact) mass is 279 g/mol. The van der Waals surface area contributed by atoms with Crippen LogP contribution in [0.1, 0.15) is 44.4 Å². The molecular formula is C16H25NOS. The van der Waals surface area contributed by atoms with Crippen molar-refractivity contribution in [3.05, 3.63) is 29.3 Å². The molecule has 1 heterocycles. The second-order valence-electron chi connectivity index (χ2n) is 5.22. The van der Waals surface area contributed by atoms with Crippen LogP contribution in [-0.2, 0) is 5.75 Å². The lowest BCUT2D eigenvalue weighted by molar-refractivity contribution is 0.338. The van der Waals surface area contributed by atoms with Crippen molar-refractivity contribution in [2.75, 3.05) is 18.9 Å². The molecule has 2 atom stereocenters. The van der Waals surface area contributed by atoms with Crippen molar-refractivity contribution < 1.29 is 4.74 Å². The van der Waals surface area contributed by atoms with E-state index in [9.17, 15) is 0 Å². The number of rotatable bonds is 5. The molecule has 0 fully saturated rings. The van der Waals surface area contributed by atoms with Gasteiger partial charge in [-0.3, -0.25) is 0 Å². The summed E-state index contributed by atoms with van der Waals surface area (Å²) in [5.74, 6) is 4.01. The third kappa shape index (κ3) is 3.67. The number of hydrogen-bond acceptors (Lipinski definition) is 3. The van der Waals surface area contributed by atoms with E-state index in [1.165, 1.54) is 23.3 Å². The summed E-state index contributed by atoms with van der Waals surface area (Å²) >= 11 is 2.04. The first-order chi connectivity index (χ1) is 9.26. The van der Waals surface area contributed by atoms with Crippen LogP contribution in [0.2, 0.25) is 0 Å². The number of fused-ring (bicyclic) bond motifs is 1. The largest absolute Gasteiger partial charge is 0.494 e. The molecule has 1 aromatic carbocycles. The Bertz CT molecular complexity index is 408. The Morgan fingerprint density at radius 2 is 2.21 bits per heavy atom. The molecule has 2 nitrogen and oxygen atoms in total. The summed E-state index contributed by atoms with van der Waals surface area (Å²) in [5.41, 5.74) is 2.91. The normalized spacial score (nSPS) is 22.7. The number of thioether (sulfide) groups is 1. The molecule has 2 unspecified atom stereocenters. The summed E-state index contributed by atoms with van der Waals surface area (Å²) in [7, 11) is 0. The fraction of sp³-hybridized carbons (Fsp3) is 0.625. The molecule has 0 bridgehead atoms. The van der Waals surface area contributed by atoms with Gasteiger partial charge >= 0.3 is 0 Å². The predicted octanol–water partition coefficient (Wildman–Crippen LogP) is 4.01. The average molecular weight is 279 g/mol. The van der Waals surface area contributed by atoms with Crippen LogP contribution in [0.5, 0.6) is 5.75 Å². The van der Waals surface area contributed by atoms with Crippen LogP contribution in [0, 0.1) is 5.92 Å². The molecule has 2 rings (SSSR count). The number of ether oxygens (including phenoxy) is 1. The lowest BCUT2D eigenvalue weighted by atomic mass is 9.92. The molecule has 1 N–H and O–H groups in total. The summed E-state index contributed by atoms with van der Waals surface area (Å²) in [6.45, 7) is 8.43. The van der Waals surface area contributed by atoms with E-state index in [1.54, 1.807) is 0 Å². The summed E-state index contributed by atoms with van der Waals surface area (Å²) in [6.07, 6.45) is 1.18. The van der Waals surface area contributed by atoms with Crippen molar-refractivity contribution in [3.63, 3.8) is 0 Å². The highest BCUT2D eigenvalue weighted by atomic mass is 32.2. The molecule has 3 heteroatoms. The minimum Gasteiger partial charge on any atom is -0.494 e. The predicted molar refractivity (Wildman–Crippen MR) is 84.0 cm³/mol. The standard InChI is InChI=1S/C16H25NOS/c1-4-8-17-16-12(3)10-19-11-13-6-7-14(18-5-2)9-15(13)16/h6-7,9,12,16-17H,4-5,8,10-11H2,1-3H3. The molecule has 0 amide bonds. The highest BCUT2D eigenvalue weighted by Crippen LogP contribution is 2.36. The summed E-state index contributed by atoms with van der Waals surface area (Å²) in [5, 5.41) is 3.72. The Kier molecular flexibility index (Phi) is 5.59. The summed E-state index contributed by atoms with van der Waals surface area (Å²) in [4.78, 5) is 0. The second-order valence-corrected chi connectivity index (χ2v) is 6.25. The molecule has 0 spiro atoms. The lowest BCUT2D eigenvalue weighted by Gasteiger charge is -2.25. The molecule has 1 aliphatic rings. The van der Waals surface area contributed by atoms with E-state index in [-0.39, 0.29) is 0 Å². The first-order valence-electron chi connectivity index (χ1n) is 7.33. The van der Waals surface area contributed by atoms with Gasteiger partial charge in [0, 0.05) is 11.8 Å². The molecule has 19 heavy (non-hydrogen) atoms. The van der Waals surface area contributed by atoms with Crippen molar-refractivity contribution in [3.8, 4) is 5.75 Å². The van der Waals surface area contributed by atoms with Crippen molar-refractivity contribution in [1.29, 1.82) is 0 Å². The zero-order chi connectivity index (χ0) is 13.7. The third-order valence-corrected chi connectivity index (χ3v) is 4.86. The van der Waals surface area contributed by atoms with Crippen molar-refractivity contribution >= 4 is 11.8 Å². The lowest BCUT2D eigenvalue weighted by Crippen LogP contribution is -2.28. The highest BCUT2D eigenvalue weighted by Gasteiger charge is 2.24. The van der Waals surface area contributed by atoms with Crippen molar-refractivity contribution in [2.24, 2.45) is 5.92 Å². The first kappa shape index (κ1) is 14.7. The minimum atomic E-state index is 0.463. The SMILES string of the molecule is CCCNC1c2cc(OCC)ccc2CSCC1C. The van der Waals surface area contributed by atoms with Gasteiger partial charge in [0.2, 0.25) is 0 Å². The topological polar surface area (TPSA) is 21.3 Å². The van der Waals surface area contributed by atoms with Crippen LogP contribution >= 0.6 is 11.8 Å². The van der Waals surface area contributed by atoms with E-state index in [4.69, 9.17) is 4.74 Å². The van der Waals surface area contributed by atoms with Crippen LogP contribution < -0.4 is 10.1 Å². The average Bonchev–Trinajstić information content (AvgIpc) is 2.56. The zero-order valence-corrected chi connectivity index (χ0v) is 13.1. The van der Waals surface area contributed by atoms with E-state index in [1.807, 2.05) is 18.7 Å². The Hall–Kier alpha value is -0.670. The number of nitrogens with one attached hydrogen (secondary N) is 1. The fourth-order valence-electron chi connectivity index (χ4n) is 2.62. The van der Waals surface area contributed by atoms with Crippen LogP contribution in [0.4, 0.5) is 0 Å². The fourth-order valence-corrected chi connectivity index (χ4v) is 3.78. The Labute approximate surface area is 121 Å². The summed E-state index contributed by atoms with van der Waals surface area (Å²) in [6, 6.07) is 7.06. The van der Waals surface area contributed by atoms with Gasteiger partial charge in [0.15, 0.2) is 0 Å². The molecule has 106 valence electrons. The molecule has 1 aliphatic heterocycles. The maximum Gasteiger partial charge on any atom is 0.119 e. The molecule has 0 aliphatic carbocycles. The van der Waals surface area contributed by atoms with Crippen LogP contribution in [-0.4, -0.2) is 18.9 Å². The quantitative estimate of drug-likeness (QED) is 0.880. The second kappa shape index (κ2) is 7.20. The van der Waals surface area contributed by atoms with Gasteiger partial charge < -0.3 is 10.1 Å². The van der Waals surface area contributed by atoms with Crippen molar-refractivity contribution in [1.82, 2.24) is 5.32 Å². The van der Waals surface area contributed by atoms with E-state index in [0.29, 0.717) is 12.0 Å². The van der Waals surface area contributed by atoms with E-state index >= 15 is 0 Å². The molecule has 0 saturated carbocycles.